The van der Waals surface area contributed by atoms with Crippen molar-refractivity contribution >= 4 is 5.97 Å². The van der Waals surface area contributed by atoms with Gasteiger partial charge in [-0.3, -0.25) is 4.79 Å². The van der Waals surface area contributed by atoms with Crippen molar-refractivity contribution in [2.24, 2.45) is 5.92 Å². The van der Waals surface area contributed by atoms with Crippen LogP contribution in [-0.2, 0) is 9.53 Å². The molecule has 1 saturated carbocycles. The molecule has 5 heteroatoms. The summed E-state index contributed by atoms with van der Waals surface area (Å²) in [4.78, 5) is 16.4. The number of carbonyl (C=O) groups is 1. The van der Waals surface area contributed by atoms with Crippen molar-refractivity contribution in [1.82, 2.24) is 4.98 Å². The van der Waals surface area contributed by atoms with Crippen LogP contribution in [0.5, 0.6) is 0 Å². The normalized spacial score (nSPS) is 21.5. The first-order chi connectivity index (χ1) is 10.7. The van der Waals surface area contributed by atoms with Gasteiger partial charge in [0.2, 0.25) is 5.89 Å². The van der Waals surface area contributed by atoms with Gasteiger partial charge >= 0.3 is 5.97 Å². The fourth-order valence-electron chi connectivity index (χ4n) is 3.10. The summed E-state index contributed by atoms with van der Waals surface area (Å²) in [6, 6.07) is 6.00. The van der Waals surface area contributed by atoms with Gasteiger partial charge in [-0.05, 0) is 37.1 Å². The van der Waals surface area contributed by atoms with Crippen molar-refractivity contribution in [3.05, 3.63) is 42.0 Å². The molecular weight excluding hydrogens is 285 g/mol. The van der Waals surface area contributed by atoms with Crippen LogP contribution in [0.3, 0.4) is 0 Å². The molecule has 0 radical (unpaired) electrons. The van der Waals surface area contributed by atoms with Crippen molar-refractivity contribution in [1.29, 1.82) is 0 Å². The minimum absolute atomic E-state index is 0.0270. The molecule has 3 rings (SSSR count). The van der Waals surface area contributed by atoms with E-state index in [-0.39, 0.29) is 23.6 Å². The van der Waals surface area contributed by atoms with Crippen LogP contribution in [0.4, 0.5) is 4.39 Å². The van der Waals surface area contributed by atoms with Crippen LogP contribution in [0.25, 0.3) is 11.5 Å². The average Bonchev–Trinajstić information content (AvgIpc) is 3.04. The SMILES string of the molecule is COC(=O)C1CCCCC1c1coc(-c2ccc(F)cc2)n1. The monoisotopic (exact) mass is 303 g/mol. The molecule has 0 amide bonds. The number of rotatable bonds is 3. The molecule has 1 fully saturated rings. The second-order valence-electron chi connectivity index (χ2n) is 5.61. The molecule has 0 aliphatic heterocycles. The van der Waals surface area contributed by atoms with E-state index in [1.54, 1.807) is 18.4 Å². The Kier molecular flexibility index (Phi) is 4.22. The van der Waals surface area contributed by atoms with Crippen LogP contribution in [0.1, 0.15) is 37.3 Å². The first-order valence-corrected chi connectivity index (χ1v) is 7.48. The molecule has 0 bridgehead atoms. The maximum atomic E-state index is 13.0. The molecule has 0 saturated heterocycles. The lowest BCUT2D eigenvalue weighted by molar-refractivity contribution is -0.147. The van der Waals surface area contributed by atoms with Gasteiger partial charge in [-0.25, -0.2) is 9.37 Å². The van der Waals surface area contributed by atoms with Gasteiger partial charge in [0.05, 0.1) is 18.7 Å². The molecule has 1 aromatic heterocycles. The fraction of sp³-hybridized carbons (Fsp3) is 0.412. The number of hydrogen-bond donors (Lipinski definition) is 0. The minimum Gasteiger partial charge on any atom is -0.469 e. The molecule has 2 unspecified atom stereocenters. The van der Waals surface area contributed by atoms with E-state index < -0.39 is 0 Å². The van der Waals surface area contributed by atoms with E-state index in [0.717, 1.165) is 36.9 Å². The summed E-state index contributed by atoms with van der Waals surface area (Å²) in [7, 11) is 1.42. The number of aromatic nitrogens is 1. The van der Waals surface area contributed by atoms with Crippen LogP contribution >= 0.6 is 0 Å². The van der Waals surface area contributed by atoms with E-state index in [4.69, 9.17) is 9.15 Å². The van der Waals surface area contributed by atoms with E-state index in [9.17, 15) is 9.18 Å². The molecule has 116 valence electrons. The summed E-state index contributed by atoms with van der Waals surface area (Å²) < 4.78 is 23.4. The zero-order chi connectivity index (χ0) is 15.5. The van der Waals surface area contributed by atoms with Crippen LogP contribution in [0, 0.1) is 11.7 Å². The largest absolute Gasteiger partial charge is 0.469 e. The van der Waals surface area contributed by atoms with Gasteiger partial charge in [0.15, 0.2) is 0 Å². The van der Waals surface area contributed by atoms with E-state index >= 15 is 0 Å². The number of nitrogens with zero attached hydrogens (tertiary/aromatic N) is 1. The maximum absolute atomic E-state index is 13.0. The number of hydrogen-bond acceptors (Lipinski definition) is 4. The third-order valence-corrected chi connectivity index (χ3v) is 4.26. The van der Waals surface area contributed by atoms with E-state index in [2.05, 4.69) is 4.98 Å². The Balaban J connectivity index is 1.85. The molecule has 1 aliphatic rings. The van der Waals surface area contributed by atoms with Gasteiger partial charge in [-0.15, -0.1) is 0 Å². The summed E-state index contributed by atoms with van der Waals surface area (Å²) in [5, 5.41) is 0. The highest BCUT2D eigenvalue weighted by Gasteiger charge is 2.34. The first-order valence-electron chi connectivity index (χ1n) is 7.48. The average molecular weight is 303 g/mol. The van der Waals surface area contributed by atoms with Crippen molar-refractivity contribution in [3.63, 3.8) is 0 Å². The number of halogens is 1. The van der Waals surface area contributed by atoms with E-state index in [0.29, 0.717) is 5.89 Å². The van der Waals surface area contributed by atoms with Gasteiger partial charge in [0, 0.05) is 11.5 Å². The van der Waals surface area contributed by atoms with Gasteiger partial charge in [0.25, 0.3) is 0 Å². The first kappa shape index (κ1) is 14.8. The van der Waals surface area contributed by atoms with Crippen molar-refractivity contribution in [2.75, 3.05) is 7.11 Å². The van der Waals surface area contributed by atoms with Gasteiger partial charge in [-0.2, -0.15) is 0 Å². The fourth-order valence-corrected chi connectivity index (χ4v) is 3.10. The quantitative estimate of drug-likeness (QED) is 0.806. The molecular formula is C17H18FNO3. The van der Waals surface area contributed by atoms with Gasteiger partial charge in [-0.1, -0.05) is 12.8 Å². The van der Waals surface area contributed by atoms with Crippen LogP contribution in [0.15, 0.2) is 34.9 Å². The molecule has 1 aliphatic carbocycles. The predicted molar refractivity (Wildman–Crippen MR) is 78.6 cm³/mol. The number of ether oxygens (including phenoxy) is 1. The molecule has 4 nitrogen and oxygen atoms in total. The number of benzene rings is 1. The minimum atomic E-state index is -0.298. The Morgan fingerprint density at radius 3 is 2.73 bits per heavy atom. The summed E-state index contributed by atoms with van der Waals surface area (Å²) in [5.41, 5.74) is 1.49. The number of oxazole rings is 1. The number of methoxy groups -OCH3 is 1. The Morgan fingerprint density at radius 2 is 2.00 bits per heavy atom. The van der Waals surface area contributed by atoms with Gasteiger partial charge < -0.3 is 9.15 Å². The lowest BCUT2D eigenvalue weighted by Crippen LogP contribution is -2.27. The number of carbonyl (C=O) groups excluding carboxylic acids is 1. The summed E-state index contributed by atoms with van der Waals surface area (Å²) in [5.74, 6) is -0.169. The molecule has 1 heterocycles. The van der Waals surface area contributed by atoms with Crippen LogP contribution in [-0.4, -0.2) is 18.1 Å². The zero-order valence-corrected chi connectivity index (χ0v) is 12.4. The lowest BCUT2D eigenvalue weighted by atomic mass is 9.78. The molecule has 0 N–H and O–H groups in total. The summed E-state index contributed by atoms with van der Waals surface area (Å²) >= 11 is 0. The topological polar surface area (TPSA) is 52.3 Å². The van der Waals surface area contributed by atoms with E-state index in [1.807, 2.05) is 0 Å². The van der Waals surface area contributed by atoms with Crippen molar-refractivity contribution < 1.29 is 18.3 Å². The standard InChI is InChI=1S/C17H18FNO3/c1-21-17(20)14-5-3-2-4-13(14)15-10-22-16(19-15)11-6-8-12(18)9-7-11/h6-10,13-14H,2-5H2,1H3. The summed E-state index contributed by atoms with van der Waals surface area (Å²) in [6.07, 6.45) is 5.41. The highest BCUT2D eigenvalue weighted by molar-refractivity contribution is 5.73. The van der Waals surface area contributed by atoms with Crippen molar-refractivity contribution in [2.45, 2.75) is 31.6 Å². The number of esters is 1. The lowest BCUT2D eigenvalue weighted by Gasteiger charge is -2.27. The molecule has 1 aromatic carbocycles. The Bertz CT molecular complexity index is 650. The van der Waals surface area contributed by atoms with Gasteiger partial charge in [0.1, 0.15) is 12.1 Å². The maximum Gasteiger partial charge on any atom is 0.309 e. The smallest absolute Gasteiger partial charge is 0.309 e. The third-order valence-electron chi connectivity index (χ3n) is 4.26. The molecule has 2 aromatic rings. The van der Waals surface area contributed by atoms with Crippen LogP contribution in [0.2, 0.25) is 0 Å². The highest BCUT2D eigenvalue weighted by Crippen LogP contribution is 2.38. The van der Waals surface area contributed by atoms with Crippen LogP contribution < -0.4 is 0 Å². The second kappa shape index (κ2) is 6.30. The zero-order valence-electron chi connectivity index (χ0n) is 12.4. The second-order valence-corrected chi connectivity index (χ2v) is 5.61. The Morgan fingerprint density at radius 1 is 1.27 bits per heavy atom. The highest BCUT2D eigenvalue weighted by atomic mass is 19.1. The predicted octanol–water partition coefficient (Wildman–Crippen LogP) is 3.93. The summed E-state index contributed by atoms with van der Waals surface area (Å²) in [6.45, 7) is 0. The molecule has 0 spiro atoms. The molecule has 22 heavy (non-hydrogen) atoms. The Labute approximate surface area is 128 Å². The van der Waals surface area contributed by atoms with E-state index in [1.165, 1.54) is 19.2 Å². The molecule has 2 atom stereocenters. The Hall–Kier alpha value is -2.17. The van der Waals surface area contributed by atoms with Crippen molar-refractivity contribution in [3.8, 4) is 11.5 Å². The third kappa shape index (κ3) is 2.89.